The van der Waals surface area contributed by atoms with Crippen LogP contribution in [0.4, 0.5) is 13.2 Å². The number of alkyl halides is 3. The van der Waals surface area contributed by atoms with E-state index >= 15 is 0 Å². The Kier molecular flexibility index (Phi) is 7.35. The highest BCUT2D eigenvalue weighted by Gasteiger charge is 2.33. The Morgan fingerprint density at radius 3 is 2.27 bits per heavy atom. The third-order valence-electron chi connectivity index (χ3n) is 3.94. The number of carbonyl (C=O) groups is 2. The van der Waals surface area contributed by atoms with Crippen molar-refractivity contribution in [1.29, 1.82) is 0 Å². The smallest absolute Gasteiger partial charge is 0.383 e. The maximum Gasteiger partial charge on any atom is 0.416 e. The zero-order chi connectivity index (χ0) is 20.1. The van der Waals surface area contributed by atoms with Crippen molar-refractivity contribution in [2.45, 2.75) is 51.4 Å². The van der Waals surface area contributed by atoms with Gasteiger partial charge in [-0.2, -0.15) is 13.2 Å². The SMILES string of the molecule is COC[C@@H](N)C(=O)CCC(=O)NC(C)(C)c1cc(C)cc(C(F)(F)F)c1. The average Bonchev–Trinajstić information content (AvgIpc) is 2.51. The molecule has 0 unspecified atom stereocenters. The standard InChI is InChI=1S/C18H25F3N2O3/c1-11-7-12(9-13(8-11)18(19,20)21)17(2,3)23-16(25)6-5-15(24)14(22)10-26-4/h7-9,14H,5-6,10,22H2,1-4H3,(H,23,25)/t14-/m1/s1. The lowest BCUT2D eigenvalue weighted by atomic mass is 9.90. The minimum Gasteiger partial charge on any atom is -0.383 e. The van der Waals surface area contributed by atoms with Gasteiger partial charge in [-0.3, -0.25) is 9.59 Å². The summed E-state index contributed by atoms with van der Waals surface area (Å²) in [5.74, 6) is -0.752. The number of nitrogens with one attached hydrogen (secondary N) is 1. The van der Waals surface area contributed by atoms with Crippen molar-refractivity contribution >= 4 is 11.7 Å². The fourth-order valence-corrected chi connectivity index (χ4v) is 2.49. The molecule has 0 bridgehead atoms. The summed E-state index contributed by atoms with van der Waals surface area (Å²) in [6.45, 7) is 4.85. The summed E-state index contributed by atoms with van der Waals surface area (Å²) in [7, 11) is 1.42. The first-order valence-electron chi connectivity index (χ1n) is 8.14. The van der Waals surface area contributed by atoms with Crippen LogP contribution >= 0.6 is 0 Å². The second kappa shape index (κ2) is 8.64. The van der Waals surface area contributed by atoms with Gasteiger partial charge >= 0.3 is 6.18 Å². The summed E-state index contributed by atoms with van der Waals surface area (Å²) in [5.41, 5.74) is 4.57. The molecule has 0 heterocycles. The molecule has 3 N–H and O–H groups in total. The molecule has 1 aromatic carbocycles. The van der Waals surface area contributed by atoms with E-state index in [9.17, 15) is 22.8 Å². The molecule has 1 aromatic rings. The summed E-state index contributed by atoms with van der Waals surface area (Å²) < 4.78 is 43.8. The monoisotopic (exact) mass is 374 g/mol. The van der Waals surface area contributed by atoms with Crippen LogP contribution in [0.5, 0.6) is 0 Å². The second-order valence-electron chi connectivity index (χ2n) is 6.79. The normalized spacial score (nSPS) is 13.4. The van der Waals surface area contributed by atoms with E-state index < -0.39 is 29.2 Å². The van der Waals surface area contributed by atoms with E-state index in [2.05, 4.69) is 5.32 Å². The van der Waals surface area contributed by atoms with Crippen LogP contribution < -0.4 is 11.1 Å². The number of nitrogens with two attached hydrogens (primary N) is 1. The van der Waals surface area contributed by atoms with Crippen LogP contribution in [0.2, 0.25) is 0 Å². The molecule has 1 amide bonds. The van der Waals surface area contributed by atoms with E-state index in [-0.39, 0.29) is 25.2 Å². The largest absolute Gasteiger partial charge is 0.416 e. The van der Waals surface area contributed by atoms with Gasteiger partial charge in [-0.1, -0.05) is 11.6 Å². The van der Waals surface area contributed by atoms with Crippen LogP contribution in [0.25, 0.3) is 0 Å². The first-order chi connectivity index (χ1) is 11.9. The van der Waals surface area contributed by atoms with Crippen molar-refractivity contribution in [1.82, 2.24) is 5.32 Å². The molecular formula is C18H25F3N2O3. The molecule has 0 spiro atoms. The van der Waals surface area contributed by atoms with Crippen LogP contribution in [0.3, 0.4) is 0 Å². The van der Waals surface area contributed by atoms with Gasteiger partial charge in [-0.05, 0) is 38.5 Å². The quantitative estimate of drug-likeness (QED) is 0.733. The number of carbonyl (C=O) groups excluding carboxylic acids is 2. The van der Waals surface area contributed by atoms with Crippen LogP contribution in [-0.2, 0) is 26.0 Å². The van der Waals surface area contributed by atoms with Crippen molar-refractivity contribution < 1.29 is 27.5 Å². The third kappa shape index (κ3) is 6.42. The Morgan fingerprint density at radius 1 is 1.15 bits per heavy atom. The van der Waals surface area contributed by atoms with E-state index in [1.165, 1.54) is 7.11 Å². The van der Waals surface area contributed by atoms with Crippen LogP contribution in [0.1, 0.15) is 43.4 Å². The highest BCUT2D eigenvalue weighted by Crippen LogP contribution is 2.33. The number of methoxy groups -OCH3 is 1. The Morgan fingerprint density at radius 2 is 1.73 bits per heavy atom. The van der Waals surface area contributed by atoms with Crippen molar-refractivity contribution in [3.05, 3.63) is 34.9 Å². The highest BCUT2D eigenvalue weighted by atomic mass is 19.4. The first-order valence-corrected chi connectivity index (χ1v) is 8.14. The van der Waals surface area contributed by atoms with Gasteiger partial charge in [0, 0.05) is 20.0 Å². The van der Waals surface area contributed by atoms with Crippen molar-refractivity contribution in [2.24, 2.45) is 5.73 Å². The molecule has 0 radical (unpaired) electrons. The van der Waals surface area contributed by atoms with Gasteiger partial charge in [0.15, 0.2) is 5.78 Å². The molecule has 26 heavy (non-hydrogen) atoms. The number of hydrogen-bond donors (Lipinski definition) is 2. The first kappa shape index (κ1) is 22.1. The van der Waals surface area contributed by atoms with Crippen LogP contribution in [0, 0.1) is 6.92 Å². The molecule has 8 heteroatoms. The van der Waals surface area contributed by atoms with E-state index in [1.807, 2.05) is 0 Å². The molecule has 1 atom stereocenters. The van der Waals surface area contributed by atoms with Gasteiger partial charge in [0.05, 0.1) is 23.8 Å². The average molecular weight is 374 g/mol. The molecule has 0 aliphatic carbocycles. The fraction of sp³-hybridized carbons (Fsp3) is 0.556. The van der Waals surface area contributed by atoms with E-state index in [0.29, 0.717) is 11.1 Å². The van der Waals surface area contributed by atoms with E-state index in [4.69, 9.17) is 10.5 Å². The van der Waals surface area contributed by atoms with E-state index in [0.717, 1.165) is 12.1 Å². The number of ether oxygens (including phenoxy) is 1. The van der Waals surface area contributed by atoms with Gasteiger partial charge < -0.3 is 15.8 Å². The second-order valence-corrected chi connectivity index (χ2v) is 6.79. The molecule has 0 fully saturated rings. The van der Waals surface area contributed by atoms with Gasteiger partial charge in [-0.25, -0.2) is 0 Å². The number of Topliss-reactive ketones (excluding diaryl/α,β-unsaturated/α-hetero) is 1. The van der Waals surface area contributed by atoms with Gasteiger partial charge in [0.1, 0.15) is 0 Å². The number of aryl methyl sites for hydroxylation is 1. The molecule has 1 rings (SSSR count). The number of rotatable bonds is 8. The molecular weight excluding hydrogens is 349 g/mol. The third-order valence-corrected chi connectivity index (χ3v) is 3.94. The maximum atomic E-state index is 13.0. The zero-order valence-corrected chi connectivity index (χ0v) is 15.4. The predicted octanol–water partition coefficient (Wildman–Crippen LogP) is 2.69. The lowest BCUT2D eigenvalue weighted by Gasteiger charge is -2.28. The molecule has 0 saturated carbocycles. The number of amides is 1. The molecule has 5 nitrogen and oxygen atoms in total. The summed E-state index contributed by atoms with van der Waals surface area (Å²) in [6, 6.07) is 2.87. The van der Waals surface area contributed by atoms with Gasteiger partial charge in [-0.15, -0.1) is 0 Å². The number of hydrogen-bond acceptors (Lipinski definition) is 4. The fourth-order valence-electron chi connectivity index (χ4n) is 2.49. The topological polar surface area (TPSA) is 81.4 Å². The summed E-state index contributed by atoms with van der Waals surface area (Å²) >= 11 is 0. The van der Waals surface area contributed by atoms with Gasteiger partial charge in [0.2, 0.25) is 5.91 Å². The summed E-state index contributed by atoms with van der Waals surface area (Å²) in [4.78, 5) is 23.9. The summed E-state index contributed by atoms with van der Waals surface area (Å²) in [6.07, 6.45) is -4.63. The lowest BCUT2D eigenvalue weighted by Crippen LogP contribution is -2.42. The molecule has 0 saturated heterocycles. The number of ketones is 1. The maximum absolute atomic E-state index is 13.0. The molecule has 0 aliphatic heterocycles. The highest BCUT2D eigenvalue weighted by molar-refractivity contribution is 5.88. The molecule has 0 aromatic heterocycles. The summed E-state index contributed by atoms with van der Waals surface area (Å²) in [5, 5.41) is 2.67. The minimum atomic E-state index is -4.47. The van der Waals surface area contributed by atoms with Crippen molar-refractivity contribution in [2.75, 3.05) is 13.7 Å². The Bertz CT molecular complexity index is 658. The number of halogens is 3. The van der Waals surface area contributed by atoms with Crippen molar-refractivity contribution in [3.63, 3.8) is 0 Å². The number of benzene rings is 1. The Hall–Kier alpha value is -1.93. The van der Waals surface area contributed by atoms with Gasteiger partial charge in [0.25, 0.3) is 0 Å². The zero-order valence-electron chi connectivity index (χ0n) is 15.4. The molecule has 0 aliphatic rings. The van der Waals surface area contributed by atoms with Crippen LogP contribution in [0.15, 0.2) is 18.2 Å². The minimum absolute atomic E-state index is 0.0614. The Balaban J connectivity index is 2.81. The Labute approximate surface area is 151 Å². The predicted molar refractivity (Wildman–Crippen MR) is 91.4 cm³/mol. The molecule has 146 valence electrons. The van der Waals surface area contributed by atoms with Crippen molar-refractivity contribution in [3.8, 4) is 0 Å². The lowest BCUT2D eigenvalue weighted by molar-refractivity contribution is -0.137. The van der Waals surface area contributed by atoms with Crippen LogP contribution in [-0.4, -0.2) is 31.4 Å². The van der Waals surface area contributed by atoms with E-state index in [1.54, 1.807) is 26.8 Å².